The van der Waals surface area contributed by atoms with E-state index in [1.54, 1.807) is 0 Å². The predicted octanol–water partition coefficient (Wildman–Crippen LogP) is 3.50. The van der Waals surface area contributed by atoms with E-state index in [-0.39, 0.29) is 18.3 Å². The van der Waals surface area contributed by atoms with Crippen LogP contribution in [0.25, 0.3) is 6.08 Å². The van der Waals surface area contributed by atoms with Crippen LogP contribution in [-0.4, -0.2) is 12.5 Å². The molecular weight excluding hydrogens is 320 g/mol. The van der Waals surface area contributed by atoms with Crippen molar-refractivity contribution >= 4 is 24.4 Å². The molecule has 0 unspecified atom stereocenters. The van der Waals surface area contributed by atoms with Crippen LogP contribution in [0.5, 0.6) is 0 Å². The maximum Gasteiger partial charge on any atom is 0.251 e. The quantitative estimate of drug-likeness (QED) is 0.873. The summed E-state index contributed by atoms with van der Waals surface area (Å²) in [5.41, 5.74) is 11.1. The third kappa shape index (κ3) is 4.47. The number of hydrogen-bond acceptors (Lipinski definition) is 2. The molecule has 1 amide bonds. The Hall–Kier alpha value is -2.10. The Balaban J connectivity index is 0.00000208. The molecule has 0 saturated heterocycles. The van der Waals surface area contributed by atoms with Crippen molar-refractivity contribution in [2.24, 2.45) is 5.73 Å². The van der Waals surface area contributed by atoms with E-state index in [4.69, 9.17) is 5.73 Å². The van der Waals surface area contributed by atoms with Gasteiger partial charge in [-0.3, -0.25) is 4.79 Å². The van der Waals surface area contributed by atoms with Crippen molar-refractivity contribution in [2.45, 2.75) is 25.8 Å². The van der Waals surface area contributed by atoms with Crippen LogP contribution in [0.1, 0.15) is 39.0 Å². The number of nitrogens with two attached hydrogens (primary N) is 1. The summed E-state index contributed by atoms with van der Waals surface area (Å²) in [6.07, 6.45) is 7.25. The lowest BCUT2D eigenvalue weighted by molar-refractivity contribution is 0.0951. The average molecular weight is 343 g/mol. The summed E-state index contributed by atoms with van der Waals surface area (Å²) in [4.78, 5) is 12.3. The SMILES string of the molecule is Cl.NCCc1ccc(CNC(=O)c2ccc3c(c2)CCC=C3)cc1. The van der Waals surface area contributed by atoms with Crippen molar-refractivity contribution in [3.63, 3.8) is 0 Å². The summed E-state index contributed by atoms with van der Waals surface area (Å²) >= 11 is 0. The van der Waals surface area contributed by atoms with Crippen molar-refractivity contribution in [3.05, 3.63) is 76.4 Å². The van der Waals surface area contributed by atoms with E-state index >= 15 is 0 Å². The fourth-order valence-corrected chi connectivity index (χ4v) is 2.85. The van der Waals surface area contributed by atoms with Gasteiger partial charge < -0.3 is 11.1 Å². The van der Waals surface area contributed by atoms with Gasteiger partial charge in [-0.25, -0.2) is 0 Å². The largest absolute Gasteiger partial charge is 0.348 e. The van der Waals surface area contributed by atoms with Crippen LogP contribution in [0.15, 0.2) is 48.5 Å². The Bertz CT molecular complexity index is 723. The summed E-state index contributed by atoms with van der Waals surface area (Å²) < 4.78 is 0. The number of benzene rings is 2. The van der Waals surface area contributed by atoms with E-state index in [0.29, 0.717) is 13.1 Å². The average Bonchev–Trinajstić information content (AvgIpc) is 2.60. The number of halogens is 1. The predicted molar refractivity (Wildman–Crippen MR) is 101 cm³/mol. The lowest BCUT2D eigenvalue weighted by Crippen LogP contribution is -2.23. The highest BCUT2D eigenvalue weighted by atomic mass is 35.5. The minimum absolute atomic E-state index is 0. The number of aryl methyl sites for hydroxylation is 1. The van der Waals surface area contributed by atoms with Crippen LogP contribution < -0.4 is 11.1 Å². The number of carbonyl (C=O) groups is 1. The van der Waals surface area contributed by atoms with E-state index in [0.717, 1.165) is 30.4 Å². The van der Waals surface area contributed by atoms with Gasteiger partial charge in [0.15, 0.2) is 0 Å². The molecule has 24 heavy (non-hydrogen) atoms. The van der Waals surface area contributed by atoms with E-state index in [2.05, 4.69) is 29.6 Å². The van der Waals surface area contributed by atoms with Gasteiger partial charge in [0.25, 0.3) is 5.91 Å². The molecule has 0 heterocycles. The molecule has 0 aliphatic heterocycles. The van der Waals surface area contributed by atoms with E-state index in [1.165, 1.54) is 16.7 Å². The number of nitrogens with one attached hydrogen (secondary N) is 1. The number of hydrogen-bond donors (Lipinski definition) is 2. The molecule has 126 valence electrons. The van der Waals surface area contributed by atoms with Gasteiger partial charge in [-0.1, -0.05) is 42.5 Å². The number of carbonyl (C=O) groups excluding carboxylic acids is 1. The summed E-state index contributed by atoms with van der Waals surface area (Å²) in [6.45, 7) is 1.20. The number of allylic oxidation sites excluding steroid dienone is 1. The second-order valence-corrected chi connectivity index (χ2v) is 5.89. The standard InChI is InChI=1S/C20H22N2O.ClH/c21-12-11-15-5-7-16(8-6-15)14-22-20(23)19-10-9-17-3-1-2-4-18(17)13-19;/h1,3,5-10,13H,2,4,11-12,14,21H2,(H,22,23);1H. The second kappa shape index (κ2) is 8.67. The summed E-state index contributed by atoms with van der Waals surface area (Å²) in [7, 11) is 0. The number of amides is 1. The molecule has 0 aromatic heterocycles. The van der Waals surface area contributed by atoms with Crippen LogP contribution in [0.4, 0.5) is 0 Å². The highest BCUT2D eigenvalue weighted by molar-refractivity contribution is 5.94. The number of fused-ring (bicyclic) bond motifs is 1. The lowest BCUT2D eigenvalue weighted by atomic mass is 9.95. The van der Waals surface area contributed by atoms with Crippen LogP contribution >= 0.6 is 12.4 Å². The van der Waals surface area contributed by atoms with Gasteiger partial charge in [0.1, 0.15) is 0 Å². The Morgan fingerprint density at radius 1 is 1.08 bits per heavy atom. The first kappa shape index (κ1) is 18.2. The van der Waals surface area contributed by atoms with Crippen LogP contribution in [-0.2, 0) is 19.4 Å². The molecule has 0 fully saturated rings. The molecule has 4 heteroatoms. The van der Waals surface area contributed by atoms with Gasteiger partial charge in [-0.05, 0) is 60.2 Å². The molecule has 0 saturated carbocycles. The van der Waals surface area contributed by atoms with Crippen molar-refractivity contribution in [2.75, 3.05) is 6.54 Å². The van der Waals surface area contributed by atoms with Crippen molar-refractivity contribution in [3.8, 4) is 0 Å². The molecule has 1 aliphatic rings. The zero-order chi connectivity index (χ0) is 16.1. The topological polar surface area (TPSA) is 55.1 Å². The van der Waals surface area contributed by atoms with Gasteiger partial charge in [0.2, 0.25) is 0 Å². The van der Waals surface area contributed by atoms with Gasteiger partial charge in [0.05, 0.1) is 0 Å². The first-order valence-corrected chi connectivity index (χ1v) is 8.12. The summed E-state index contributed by atoms with van der Waals surface area (Å²) in [5.74, 6) is -0.0200. The first-order valence-electron chi connectivity index (χ1n) is 8.12. The van der Waals surface area contributed by atoms with Crippen LogP contribution in [0, 0.1) is 0 Å². The third-order valence-electron chi connectivity index (χ3n) is 4.19. The van der Waals surface area contributed by atoms with Crippen molar-refractivity contribution in [1.29, 1.82) is 0 Å². The molecular formula is C20H23ClN2O. The highest BCUT2D eigenvalue weighted by Crippen LogP contribution is 2.20. The van der Waals surface area contributed by atoms with Crippen molar-refractivity contribution < 1.29 is 4.79 Å². The molecule has 2 aromatic carbocycles. The van der Waals surface area contributed by atoms with Gasteiger partial charge in [-0.15, -0.1) is 12.4 Å². The maximum atomic E-state index is 12.3. The zero-order valence-electron chi connectivity index (χ0n) is 13.6. The second-order valence-electron chi connectivity index (χ2n) is 5.89. The monoisotopic (exact) mass is 342 g/mol. The molecule has 0 atom stereocenters. The highest BCUT2D eigenvalue weighted by Gasteiger charge is 2.10. The van der Waals surface area contributed by atoms with E-state index in [9.17, 15) is 4.79 Å². The first-order chi connectivity index (χ1) is 11.3. The zero-order valence-corrected chi connectivity index (χ0v) is 14.4. The third-order valence-corrected chi connectivity index (χ3v) is 4.19. The van der Waals surface area contributed by atoms with Gasteiger partial charge in [0, 0.05) is 12.1 Å². The molecule has 1 aliphatic carbocycles. The van der Waals surface area contributed by atoms with E-state index < -0.39 is 0 Å². The smallest absolute Gasteiger partial charge is 0.251 e. The minimum Gasteiger partial charge on any atom is -0.348 e. The molecule has 0 bridgehead atoms. The van der Waals surface area contributed by atoms with Gasteiger partial charge >= 0.3 is 0 Å². The minimum atomic E-state index is -0.0200. The molecule has 0 spiro atoms. The van der Waals surface area contributed by atoms with Crippen molar-refractivity contribution in [1.82, 2.24) is 5.32 Å². The van der Waals surface area contributed by atoms with Crippen LogP contribution in [0.3, 0.4) is 0 Å². The fourth-order valence-electron chi connectivity index (χ4n) is 2.85. The molecule has 2 aromatic rings. The molecule has 3 nitrogen and oxygen atoms in total. The summed E-state index contributed by atoms with van der Waals surface area (Å²) in [6, 6.07) is 14.2. The summed E-state index contributed by atoms with van der Waals surface area (Å²) in [5, 5.41) is 2.99. The Morgan fingerprint density at radius 2 is 1.83 bits per heavy atom. The lowest BCUT2D eigenvalue weighted by Gasteiger charge is -2.12. The molecule has 3 rings (SSSR count). The Kier molecular flexibility index (Phi) is 6.59. The Morgan fingerprint density at radius 3 is 2.58 bits per heavy atom. The Labute approximate surface area is 149 Å². The molecule has 3 N–H and O–H groups in total. The normalized spacial score (nSPS) is 12.2. The maximum absolute atomic E-state index is 12.3. The van der Waals surface area contributed by atoms with Gasteiger partial charge in [-0.2, -0.15) is 0 Å². The van der Waals surface area contributed by atoms with E-state index in [1.807, 2.05) is 30.3 Å². The molecule has 0 radical (unpaired) electrons. The van der Waals surface area contributed by atoms with Crippen LogP contribution in [0.2, 0.25) is 0 Å². The number of rotatable bonds is 5. The fraction of sp³-hybridized carbons (Fsp3) is 0.250.